The average Bonchev–Trinajstić information content (AvgIpc) is 2.71. The van der Waals surface area contributed by atoms with Crippen LogP contribution in [0.4, 0.5) is 5.82 Å². The fraction of sp³-hybridized carbons (Fsp3) is 0.545. The van der Waals surface area contributed by atoms with Crippen LogP contribution in [0.3, 0.4) is 0 Å². The molecule has 3 heteroatoms. The van der Waals surface area contributed by atoms with Gasteiger partial charge in [0.1, 0.15) is 5.82 Å². The van der Waals surface area contributed by atoms with Crippen LogP contribution in [-0.2, 0) is 7.05 Å². The summed E-state index contributed by atoms with van der Waals surface area (Å²) in [6.45, 7) is 0. The quantitative estimate of drug-likeness (QED) is 0.671. The molecule has 1 aliphatic heterocycles. The lowest BCUT2D eigenvalue weighted by atomic mass is 9.99. The monoisotopic (exact) mass is 190 g/mol. The van der Waals surface area contributed by atoms with Gasteiger partial charge in [0.2, 0.25) is 0 Å². The molecule has 2 atom stereocenters. The Balaban J connectivity index is 2.18. The molecule has 1 N–H and O–H groups in total. The van der Waals surface area contributed by atoms with Crippen LogP contribution in [0.1, 0.15) is 30.7 Å². The maximum atomic E-state index is 11.4. The first-order valence-corrected chi connectivity index (χ1v) is 5.24. The number of aromatic nitrogens is 1. The minimum Gasteiger partial charge on any atom is -0.368 e. The summed E-state index contributed by atoms with van der Waals surface area (Å²) >= 11 is 0. The highest BCUT2D eigenvalue weighted by Gasteiger charge is 2.36. The third-order valence-corrected chi connectivity index (χ3v) is 3.58. The van der Waals surface area contributed by atoms with E-state index in [0.29, 0.717) is 12.0 Å². The molecule has 1 aromatic rings. The van der Waals surface area contributed by atoms with Gasteiger partial charge in [-0.15, -0.1) is 0 Å². The van der Waals surface area contributed by atoms with Crippen LogP contribution in [0.5, 0.6) is 0 Å². The molecule has 2 heterocycles. The van der Waals surface area contributed by atoms with Crippen molar-refractivity contribution in [3.63, 3.8) is 0 Å². The van der Waals surface area contributed by atoms with Crippen molar-refractivity contribution in [3.8, 4) is 0 Å². The summed E-state index contributed by atoms with van der Waals surface area (Å²) in [5.74, 6) is 1.70. The van der Waals surface area contributed by atoms with Gasteiger partial charge in [0.05, 0.1) is 0 Å². The van der Waals surface area contributed by atoms with E-state index in [2.05, 4.69) is 5.32 Å². The van der Waals surface area contributed by atoms with E-state index in [1.54, 1.807) is 10.6 Å². The fourth-order valence-corrected chi connectivity index (χ4v) is 2.82. The summed E-state index contributed by atoms with van der Waals surface area (Å²) in [5, 5.41) is 3.47. The predicted molar refractivity (Wildman–Crippen MR) is 55.7 cm³/mol. The average molecular weight is 190 g/mol. The zero-order valence-corrected chi connectivity index (χ0v) is 8.29. The summed E-state index contributed by atoms with van der Waals surface area (Å²) < 4.78 is 1.73. The first-order valence-electron chi connectivity index (χ1n) is 5.24. The maximum absolute atomic E-state index is 11.4. The molecular formula is C11H14N2O. The Morgan fingerprint density at radius 3 is 3.14 bits per heavy atom. The Hall–Kier alpha value is -1.25. The highest BCUT2D eigenvalue weighted by atomic mass is 16.1. The number of rotatable bonds is 0. The van der Waals surface area contributed by atoms with Crippen molar-refractivity contribution < 1.29 is 0 Å². The van der Waals surface area contributed by atoms with Gasteiger partial charge in [0.25, 0.3) is 5.56 Å². The van der Waals surface area contributed by atoms with Gasteiger partial charge in [-0.25, -0.2) is 0 Å². The molecule has 0 radical (unpaired) electrons. The molecule has 1 aromatic heterocycles. The summed E-state index contributed by atoms with van der Waals surface area (Å²) in [6.07, 6.45) is 3.82. The summed E-state index contributed by atoms with van der Waals surface area (Å²) in [4.78, 5) is 11.4. The molecule has 1 saturated carbocycles. The van der Waals surface area contributed by atoms with Gasteiger partial charge < -0.3 is 5.32 Å². The molecule has 0 amide bonds. The van der Waals surface area contributed by atoms with Crippen LogP contribution in [0.25, 0.3) is 0 Å². The van der Waals surface area contributed by atoms with Crippen LogP contribution in [0, 0.1) is 0 Å². The Labute approximate surface area is 82.8 Å². The van der Waals surface area contributed by atoms with Crippen molar-refractivity contribution in [1.29, 1.82) is 0 Å². The number of pyridine rings is 1. The Morgan fingerprint density at radius 2 is 2.29 bits per heavy atom. The lowest BCUT2D eigenvalue weighted by molar-refractivity contribution is 0.689. The van der Waals surface area contributed by atoms with Gasteiger partial charge in [0.15, 0.2) is 0 Å². The molecule has 0 spiro atoms. The van der Waals surface area contributed by atoms with Crippen molar-refractivity contribution in [2.24, 2.45) is 7.05 Å². The number of anilines is 1. The zero-order valence-electron chi connectivity index (χ0n) is 8.29. The first kappa shape index (κ1) is 8.09. The molecule has 1 aliphatic carbocycles. The van der Waals surface area contributed by atoms with Crippen LogP contribution >= 0.6 is 0 Å². The minimum absolute atomic E-state index is 0.0798. The van der Waals surface area contributed by atoms with Gasteiger partial charge in [-0.1, -0.05) is 6.42 Å². The van der Waals surface area contributed by atoms with Crippen molar-refractivity contribution in [2.45, 2.75) is 31.2 Å². The van der Waals surface area contributed by atoms with Crippen LogP contribution < -0.4 is 10.9 Å². The number of nitrogens with zero attached hydrogens (tertiary/aromatic N) is 1. The van der Waals surface area contributed by atoms with Crippen molar-refractivity contribution >= 4 is 5.82 Å². The van der Waals surface area contributed by atoms with Crippen LogP contribution in [0.15, 0.2) is 16.9 Å². The molecular weight excluding hydrogens is 176 g/mol. The van der Waals surface area contributed by atoms with E-state index in [0.717, 1.165) is 5.82 Å². The Kier molecular flexibility index (Phi) is 1.52. The number of hydrogen-bond acceptors (Lipinski definition) is 2. The largest absolute Gasteiger partial charge is 0.368 e. The maximum Gasteiger partial charge on any atom is 0.251 e. The lowest BCUT2D eigenvalue weighted by Gasteiger charge is -2.08. The van der Waals surface area contributed by atoms with E-state index in [-0.39, 0.29) is 5.56 Å². The zero-order chi connectivity index (χ0) is 9.71. The van der Waals surface area contributed by atoms with Gasteiger partial charge in [-0.05, 0) is 24.5 Å². The van der Waals surface area contributed by atoms with Crippen LogP contribution in [0.2, 0.25) is 0 Å². The normalized spacial score (nSPS) is 28.4. The second-order valence-electron chi connectivity index (χ2n) is 4.32. The number of nitrogens with one attached hydrogen (secondary N) is 1. The highest BCUT2D eigenvalue weighted by Crippen LogP contribution is 2.44. The van der Waals surface area contributed by atoms with E-state index in [9.17, 15) is 4.79 Å². The standard InChI is InChI=1S/C11H14N2O/c1-13-10(14)6-5-8-7-3-2-4-9(7)12-11(8)13/h5-7,9,12H,2-4H2,1H3. The van der Waals surface area contributed by atoms with Gasteiger partial charge >= 0.3 is 0 Å². The van der Waals surface area contributed by atoms with Crippen LogP contribution in [-0.4, -0.2) is 10.6 Å². The molecule has 74 valence electrons. The Morgan fingerprint density at radius 1 is 1.43 bits per heavy atom. The molecule has 3 nitrogen and oxygen atoms in total. The van der Waals surface area contributed by atoms with Crippen molar-refractivity contribution in [2.75, 3.05) is 5.32 Å². The molecule has 14 heavy (non-hydrogen) atoms. The summed E-state index contributed by atoms with van der Waals surface area (Å²) in [7, 11) is 1.84. The highest BCUT2D eigenvalue weighted by molar-refractivity contribution is 5.55. The SMILES string of the molecule is Cn1c2c(ccc1=O)C1CCCC1N2. The molecule has 1 fully saturated rings. The second kappa shape index (κ2) is 2.62. The topological polar surface area (TPSA) is 34.0 Å². The van der Waals surface area contributed by atoms with E-state index >= 15 is 0 Å². The summed E-state index contributed by atoms with van der Waals surface area (Å²) in [6, 6.07) is 4.26. The smallest absolute Gasteiger partial charge is 0.251 e. The number of fused-ring (bicyclic) bond motifs is 3. The fourth-order valence-electron chi connectivity index (χ4n) is 2.82. The van der Waals surface area contributed by atoms with E-state index < -0.39 is 0 Å². The second-order valence-corrected chi connectivity index (χ2v) is 4.32. The minimum atomic E-state index is 0.0798. The van der Waals surface area contributed by atoms with E-state index in [4.69, 9.17) is 0 Å². The van der Waals surface area contributed by atoms with E-state index in [1.807, 2.05) is 13.1 Å². The third-order valence-electron chi connectivity index (χ3n) is 3.58. The van der Waals surface area contributed by atoms with E-state index in [1.165, 1.54) is 24.8 Å². The molecule has 2 unspecified atom stereocenters. The molecule has 0 bridgehead atoms. The molecule has 0 aromatic carbocycles. The van der Waals surface area contributed by atoms with Gasteiger partial charge in [-0.3, -0.25) is 9.36 Å². The van der Waals surface area contributed by atoms with Gasteiger partial charge in [0, 0.05) is 25.1 Å². The molecule has 3 rings (SSSR count). The lowest BCUT2D eigenvalue weighted by Crippen LogP contribution is -2.19. The molecule has 0 saturated heterocycles. The predicted octanol–water partition coefficient (Wildman–Crippen LogP) is 1.45. The third kappa shape index (κ3) is 0.897. The molecule has 2 aliphatic rings. The van der Waals surface area contributed by atoms with Gasteiger partial charge in [-0.2, -0.15) is 0 Å². The van der Waals surface area contributed by atoms with Crippen molar-refractivity contribution in [1.82, 2.24) is 4.57 Å². The number of hydrogen-bond donors (Lipinski definition) is 1. The first-order chi connectivity index (χ1) is 6.77. The van der Waals surface area contributed by atoms with Crippen molar-refractivity contribution in [3.05, 3.63) is 28.0 Å². The Bertz CT molecular complexity index is 435. The summed E-state index contributed by atoms with van der Waals surface area (Å²) in [5.41, 5.74) is 1.42.